The summed E-state index contributed by atoms with van der Waals surface area (Å²) in [6.07, 6.45) is 2.04. The lowest BCUT2D eigenvalue weighted by Gasteiger charge is -2.14. The van der Waals surface area contributed by atoms with Crippen molar-refractivity contribution in [3.05, 3.63) is 0 Å². The van der Waals surface area contributed by atoms with Gasteiger partial charge in [-0.3, -0.25) is 0 Å². The van der Waals surface area contributed by atoms with Gasteiger partial charge in [0, 0.05) is 5.25 Å². The molecule has 0 aliphatic heterocycles. The van der Waals surface area contributed by atoms with Crippen LogP contribution in [0.25, 0.3) is 0 Å². The normalized spacial score (nSPS) is 14.3. The van der Waals surface area contributed by atoms with Crippen molar-refractivity contribution in [1.29, 1.82) is 0 Å². The van der Waals surface area contributed by atoms with Crippen LogP contribution in [-0.2, 0) is 0 Å². The van der Waals surface area contributed by atoms with Crippen molar-refractivity contribution < 1.29 is 5.11 Å². The Bertz CT molecular complexity index is 66.1. The van der Waals surface area contributed by atoms with E-state index in [0.29, 0.717) is 17.8 Å². The first kappa shape index (κ1) is 9.66. The first-order chi connectivity index (χ1) is 4.22. The minimum Gasteiger partial charge on any atom is -0.395 e. The van der Waals surface area contributed by atoms with Crippen molar-refractivity contribution in [1.82, 2.24) is 0 Å². The first-order valence-corrected chi connectivity index (χ1v) is 5.64. The minimum absolute atomic E-state index is 0.295. The average Bonchev–Trinajstić information content (AvgIpc) is 1.82. The Morgan fingerprint density at radius 2 is 2.00 bits per heavy atom. The Balaban J connectivity index is 3.41. The van der Waals surface area contributed by atoms with Gasteiger partial charge in [-0.2, -0.15) is 0 Å². The molecular formula is C6H14OS2. The van der Waals surface area contributed by atoms with Gasteiger partial charge in [0.05, 0.1) is 6.61 Å². The van der Waals surface area contributed by atoms with Crippen molar-refractivity contribution in [2.24, 2.45) is 5.92 Å². The van der Waals surface area contributed by atoms with Crippen molar-refractivity contribution in [3.8, 4) is 0 Å². The summed E-state index contributed by atoms with van der Waals surface area (Å²) < 4.78 is 0. The maximum atomic E-state index is 8.79. The van der Waals surface area contributed by atoms with Gasteiger partial charge in [-0.25, -0.2) is 0 Å². The lowest BCUT2D eigenvalue weighted by Crippen LogP contribution is -2.14. The van der Waals surface area contributed by atoms with Gasteiger partial charge >= 0.3 is 0 Å². The molecule has 0 fully saturated rings. The molecule has 0 aliphatic carbocycles. The van der Waals surface area contributed by atoms with Crippen LogP contribution in [0.5, 0.6) is 0 Å². The lowest BCUT2D eigenvalue weighted by molar-refractivity contribution is 0.275. The second kappa shape index (κ2) is 5.45. The van der Waals surface area contributed by atoms with Crippen molar-refractivity contribution in [2.75, 3.05) is 12.9 Å². The van der Waals surface area contributed by atoms with Crippen molar-refractivity contribution in [3.63, 3.8) is 0 Å². The SMILES string of the molecule is CSS[C@H](CO)C(C)C. The van der Waals surface area contributed by atoms with Crippen LogP contribution in [-0.4, -0.2) is 23.2 Å². The predicted octanol–water partition coefficient (Wildman–Crippen LogP) is 2.01. The highest BCUT2D eigenvalue weighted by Gasteiger charge is 2.10. The number of aliphatic hydroxyl groups is 1. The van der Waals surface area contributed by atoms with Crippen LogP contribution >= 0.6 is 21.6 Å². The van der Waals surface area contributed by atoms with Crippen LogP contribution in [0.4, 0.5) is 0 Å². The molecule has 0 amide bonds. The van der Waals surface area contributed by atoms with Crippen LogP contribution in [0.3, 0.4) is 0 Å². The standard InChI is InChI=1S/C6H14OS2/c1-5(2)6(4-7)9-8-3/h5-7H,4H2,1-3H3/t6-/m1/s1. The Kier molecular flexibility index (Phi) is 5.84. The third-order valence-electron chi connectivity index (χ3n) is 1.14. The Hall–Kier alpha value is 0.660. The van der Waals surface area contributed by atoms with Crippen LogP contribution in [0.15, 0.2) is 0 Å². The summed E-state index contributed by atoms with van der Waals surface area (Å²) in [5.74, 6) is 0.576. The van der Waals surface area contributed by atoms with Crippen LogP contribution in [0, 0.1) is 5.92 Å². The van der Waals surface area contributed by atoms with E-state index in [9.17, 15) is 0 Å². The Morgan fingerprint density at radius 1 is 1.44 bits per heavy atom. The lowest BCUT2D eigenvalue weighted by atomic mass is 10.1. The fraction of sp³-hybridized carbons (Fsp3) is 1.00. The fourth-order valence-corrected chi connectivity index (χ4v) is 2.60. The fourth-order valence-electron chi connectivity index (χ4n) is 0.476. The Morgan fingerprint density at radius 3 is 2.11 bits per heavy atom. The highest BCUT2D eigenvalue weighted by atomic mass is 33.1. The zero-order chi connectivity index (χ0) is 7.28. The molecule has 0 radical (unpaired) electrons. The molecule has 1 nitrogen and oxygen atoms in total. The second-order valence-electron chi connectivity index (χ2n) is 2.23. The van der Waals surface area contributed by atoms with Gasteiger partial charge in [0.25, 0.3) is 0 Å². The van der Waals surface area contributed by atoms with E-state index in [-0.39, 0.29) is 0 Å². The van der Waals surface area contributed by atoms with Crippen LogP contribution < -0.4 is 0 Å². The van der Waals surface area contributed by atoms with Gasteiger partial charge in [0.15, 0.2) is 0 Å². The monoisotopic (exact) mass is 166 g/mol. The van der Waals surface area contributed by atoms with Gasteiger partial charge in [-0.1, -0.05) is 35.4 Å². The Labute approximate surface area is 65.0 Å². The molecule has 0 bridgehead atoms. The summed E-state index contributed by atoms with van der Waals surface area (Å²) in [7, 11) is 3.47. The first-order valence-electron chi connectivity index (χ1n) is 3.02. The van der Waals surface area contributed by atoms with Gasteiger partial charge in [0.2, 0.25) is 0 Å². The molecule has 0 saturated heterocycles. The van der Waals surface area contributed by atoms with Crippen molar-refractivity contribution >= 4 is 21.6 Å². The van der Waals surface area contributed by atoms with E-state index in [1.54, 1.807) is 21.6 Å². The van der Waals surface area contributed by atoms with Gasteiger partial charge in [0.1, 0.15) is 0 Å². The number of aliphatic hydroxyl groups excluding tert-OH is 1. The third-order valence-corrected chi connectivity index (χ3v) is 3.60. The number of rotatable bonds is 4. The van der Waals surface area contributed by atoms with Crippen LogP contribution in [0.2, 0.25) is 0 Å². The molecule has 0 saturated carbocycles. The van der Waals surface area contributed by atoms with Gasteiger partial charge in [-0.15, -0.1) is 0 Å². The van der Waals surface area contributed by atoms with E-state index in [1.807, 2.05) is 6.26 Å². The summed E-state index contributed by atoms with van der Waals surface area (Å²) in [5.41, 5.74) is 0. The molecule has 0 aliphatic rings. The van der Waals surface area contributed by atoms with Gasteiger partial charge < -0.3 is 5.11 Å². The van der Waals surface area contributed by atoms with E-state index in [2.05, 4.69) is 13.8 Å². The summed E-state index contributed by atoms with van der Waals surface area (Å²) in [4.78, 5) is 0. The topological polar surface area (TPSA) is 20.2 Å². The highest BCUT2D eigenvalue weighted by molar-refractivity contribution is 8.76. The summed E-state index contributed by atoms with van der Waals surface area (Å²) in [5, 5.41) is 9.20. The smallest absolute Gasteiger partial charge is 0.0560 e. The van der Waals surface area contributed by atoms with E-state index in [4.69, 9.17) is 5.11 Å². The van der Waals surface area contributed by atoms with E-state index in [0.717, 1.165) is 0 Å². The van der Waals surface area contributed by atoms with E-state index < -0.39 is 0 Å². The molecule has 0 aromatic carbocycles. The molecule has 0 heterocycles. The summed E-state index contributed by atoms with van der Waals surface area (Å²) in [6.45, 7) is 4.55. The molecule has 1 N–H and O–H groups in total. The molecular weight excluding hydrogens is 152 g/mol. The molecule has 0 unspecified atom stereocenters. The molecule has 0 spiro atoms. The molecule has 0 aromatic heterocycles. The zero-order valence-corrected chi connectivity index (χ0v) is 7.76. The predicted molar refractivity (Wildman–Crippen MR) is 46.8 cm³/mol. The molecule has 1 atom stereocenters. The maximum absolute atomic E-state index is 8.79. The molecule has 0 rings (SSSR count). The molecule has 3 heteroatoms. The molecule has 0 aromatic rings. The van der Waals surface area contributed by atoms with Crippen molar-refractivity contribution in [2.45, 2.75) is 19.1 Å². The largest absolute Gasteiger partial charge is 0.395 e. The maximum Gasteiger partial charge on any atom is 0.0560 e. The summed E-state index contributed by atoms with van der Waals surface area (Å²) >= 11 is 0. The third kappa shape index (κ3) is 4.12. The second-order valence-corrected chi connectivity index (χ2v) is 4.94. The minimum atomic E-state index is 0.295. The van der Waals surface area contributed by atoms with Crippen LogP contribution in [0.1, 0.15) is 13.8 Å². The molecule has 9 heavy (non-hydrogen) atoms. The van der Waals surface area contributed by atoms with Gasteiger partial charge in [-0.05, 0) is 12.2 Å². The van der Waals surface area contributed by atoms with E-state index in [1.165, 1.54) is 0 Å². The summed E-state index contributed by atoms with van der Waals surface area (Å²) in [6, 6.07) is 0. The highest BCUT2D eigenvalue weighted by Crippen LogP contribution is 2.28. The number of hydrogen-bond donors (Lipinski definition) is 1. The zero-order valence-electron chi connectivity index (χ0n) is 6.13. The average molecular weight is 166 g/mol. The quantitative estimate of drug-likeness (QED) is 0.645. The van der Waals surface area contributed by atoms with E-state index >= 15 is 0 Å². The number of hydrogen-bond acceptors (Lipinski definition) is 3. The molecule has 56 valence electrons.